The molecule has 2 N–H and O–H groups in total. The van der Waals surface area contributed by atoms with Crippen LogP contribution in [0.3, 0.4) is 0 Å². The van der Waals surface area contributed by atoms with Gasteiger partial charge in [0.1, 0.15) is 0 Å². The van der Waals surface area contributed by atoms with Crippen LogP contribution in [-0.4, -0.2) is 17.1 Å². The van der Waals surface area contributed by atoms with Crippen molar-refractivity contribution in [3.05, 3.63) is 35.4 Å². The Morgan fingerprint density at radius 2 is 1.70 bits per heavy atom. The summed E-state index contributed by atoms with van der Waals surface area (Å²) in [5.74, 6) is 0.605. The molecule has 0 aromatic heterocycles. The average Bonchev–Trinajstić information content (AvgIpc) is 2.35. The lowest BCUT2D eigenvalue weighted by atomic mass is 9.93. The molecule has 0 saturated heterocycles. The van der Waals surface area contributed by atoms with E-state index in [1.165, 1.54) is 12.8 Å². The molecule has 1 rings (SSSR count). The topological polar surface area (TPSA) is 49.3 Å². The lowest BCUT2D eigenvalue weighted by Crippen LogP contribution is -2.27. The molecule has 0 heterocycles. The van der Waals surface area contributed by atoms with Gasteiger partial charge in [-0.15, -0.1) is 0 Å². The Hall–Kier alpha value is -1.35. The molecule has 112 valence electrons. The Labute approximate surface area is 122 Å². The number of carboxylic acid groups (broad SMARTS) is 1. The summed E-state index contributed by atoms with van der Waals surface area (Å²) in [5, 5.41) is 12.4. The zero-order valence-corrected chi connectivity index (χ0v) is 13.0. The third-order valence-corrected chi connectivity index (χ3v) is 3.49. The van der Waals surface area contributed by atoms with E-state index in [0.29, 0.717) is 11.6 Å². The minimum absolute atomic E-state index is 0.340. The van der Waals surface area contributed by atoms with E-state index in [0.717, 1.165) is 23.9 Å². The summed E-state index contributed by atoms with van der Waals surface area (Å²) in [6.45, 7) is 9.83. The summed E-state index contributed by atoms with van der Waals surface area (Å²) in [5.41, 5.74) is 1.46. The van der Waals surface area contributed by atoms with Gasteiger partial charge in [0.25, 0.3) is 0 Å². The first-order valence-electron chi connectivity index (χ1n) is 7.44. The molecule has 1 aromatic carbocycles. The van der Waals surface area contributed by atoms with Gasteiger partial charge in [0.15, 0.2) is 0 Å². The van der Waals surface area contributed by atoms with Crippen molar-refractivity contribution in [2.45, 2.75) is 53.1 Å². The van der Waals surface area contributed by atoms with E-state index in [1.807, 2.05) is 12.1 Å². The molecule has 3 nitrogen and oxygen atoms in total. The fourth-order valence-corrected chi connectivity index (χ4v) is 2.65. The molecule has 0 aliphatic rings. The van der Waals surface area contributed by atoms with Gasteiger partial charge in [-0.25, -0.2) is 4.79 Å². The number of aromatic carboxylic acids is 1. The van der Waals surface area contributed by atoms with Gasteiger partial charge in [-0.05, 0) is 49.3 Å². The highest BCUT2D eigenvalue weighted by atomic mass is 16.4. The Bertz CT molecular complexity index is 412. The highest BCUT2D eigenvalue weighted by Crippen LogP contribution is 2.16. The van der Waals surface area contributed by atoms with Crippen LogP contribution in [0.25, 0.3) is 0 Å². The first kappa shape index (κ1) is 16.7. The van der Waals surface area contributed by atoms with Crippen LogP contribution in [0.15, 0.2) is 24.3 Å². The molecule has 0 saturated carbocycles. The van der Waals surface area contributed by atoms with Gasteiger partial charge >= 0.3 is 5.97 Å². The highest BCUT2D eigenvalue weighted by Gasteiger charge is 2.10. The van der Waals surface area contributed by atoms with E-state index in [1.54, 1.807) is 12.1 Å². The van der Waals surface area contributed by atoms with Crippen LogP contribution < -0.4 is 5.32 Å². The molecule has 0 aliphatic heterocycles. The van der Waals surface area contributed by atoms with Gasteiger partial charge in [-0.3, -0.25) is 0 Å². The van der Waals surface area contributed by atoms with Gasteiger partial charge in [-0.2, -0.15) is 0 Å². The molecular formula is C17H27NO2. The minimum Gasteiger partial charge on any atom is -0.478 e. The summed E-state index contributed by atoms with van der Waals surface area (Å²) in [4.78, 5) is 10.8. The fourth-order valence-electron chi connectivity index (χ4n) is 2.65. The standard InChI is InChI=1S/C17H27NO2/c1-12(2)9-13(3)10-14(4)18-11-15-5-7-16(8-6-15)17(19)20/h5-8,12-14,18H,9-11H2,1-4H3,(H,19,20). The first-order chi connectivity index (χ1) is 9.38. The van der Waals surface area contributed by atoms with Crippen LogP contribution >= 0.6 is 0 Å². The largest absolute Gasteiger partial charge is 0.478 e. The van der Waals surface area contributed by atoms with Crippen molar-refractivity contribution >= 4 is 5.97 Å². The molecule has 2 atom stereocenters. The molecule has 3 heteroatoms. The van der Waals surface area contributed by atoms with Crippen molar-refractivity contribution in [3.63, 3.8) is 0 Å². The van der Waals surface area contributed by atoms with Crippen LogP contribution in [0.5, 0.6) is 0 Å². The molecule has 0 radical (unpaired) electrons. The SMILES string of the molecule is CC(C)CC(C)CC(C)NCc1ccc(C(=O)O)cc1. The number of hydrogen-bond donors (Lipinski definition) is 2. The molecule has 0 fully saturated rings. The van der Waals surface area contributed by atoms with Gasteiger partial charge in [0.05, 0.1) is 5.56 Å². The summed E-state index contributed by atoms with van der Waals surface area (Å²) < 4.78 is 0. The lowest BCUT2D eigenvalue weighted by molar-refractivity contribution is 0.0697. The van der Waals surface area contributed by atoms with Crippen LogP contribution in [0.1, 0.15) is 56.5 Å². The van der Waals surface area contributed by atoms with Crippen LogP contribution in [0.4, 0.5) is 0 Å². The zero-order chi connectivity index (χ0) is 15.1. The fraction of sp³-hybridized carbons (Fsp3) is 0.588. The number of rotatable bonds is 8. The van der Waals surface area contributed by atoms with Crippen LogP contribution in [0.2, 0.25) is 0 Å². The third-order valence-electron chi connectivity index (χ3n) is 3.49. The normalized spacial score (nSPS) is 14.2. The first-order valence-corrected chi connectivity index (χ1v) is 7.44. The predicted octanol–water partition coefficient (Wildman–Crippen LogP) is 3.94. The molecule has 0 amide bonds. The number of hydrogen-bond acceptors (Lipinski definition) is 2. The van der Waals surface area contributed by atoms with Crippen LogP contribution in [0, 0.1) is 11.8 Å². The van der Waals surface area contributed by atoms with Crippen molar-refractivity contribution in [2.24, 2.45) is 11.8 Å². The van der Waals surface area contributed by atoms with E-state index < -0.39 is 5.97 Å². The number of benzene rings is 1. The Balaban J connectivity index is 2.37. The van der Waals surface area contributed by atoms with Gasteiger partial charge in [-0.1, -0.05) is 32.9 Å². The molecule has 0 aliphatic carbocycles. The Morgan fingerprint density at radius 1 is 1.10 bits per heavy atom. The van der Waals surface area contributed by atoms with E-state index in [9.17, 15) is 4.79 Å². The summed E-state index contributed by atoms with van der Waals surface area (Å²) in [6, 6.07) is 7.54. The van der Waals surface area contributed by atoms with E-state index in [4.69, 9.17) is 5.11 Å². The number of nitrogens with one attached hydrogen (secondary N) is 1. The molecule has 20 heavy (non-hydrogen) atoms. The Morgan fingerprint density at radius 3 is 2.20 bits per heavy atom. The highest BCUT2D eigenvalue weighted by molar-refractivity contribution is 5.87. The van der Waals surface area contributed by atoms with Gasteiger partial charge < -0.3 is 10.4 Å². The van der Waals surface area contributed by atoms with E-state index in [-0.39, 0.29) is 0 Å². The zero-order valence-electron chi connectivity index (χ0n) is 13.0. The van der Waals surface area contributed by atoms with Gasteiger partial charge in [0, 0.05) is 12.6 Å². The third kappa shape index (κ3) is 6.20. The van der Waals surface area contributed by atoms with Crippen LogP contribution in [-0.2, 0) is 6.54 Å². The Kier molecular flexibility index (Phi) is 6.73. The van der Waals surface area contributed by atoms with Crippen molar-refractivity contribution in [1.29, 1.82) is 0 Å². The van der Waals surface area contributed by atoms with E-state index >= 15 is 0 Å². The average molecular weight is 277 g/mol. The smallest absolute Gasteiger partial charge is 0.335 e. The summed E-state index contributed by atoms with van der Waals surface area (Å²) >= 11 is 0. The van der Waals surface area contributed by atoms with Crippen molar-refractivity contribution in [1.82, 2.24) is 5.32 Å². The number of carboxylic acids is 1. The maximum absolute atomic E-state index is 10.8. The minimum atomic E-state index is -0.875. The molecular weight excluding hydrogens is 250 g/mol. The summed E-state index contributed by atoms with van der Waals surface area (Å²) in [7, 11) is 0. The second kappa shape index (κ2) is 8.05. The number of carbonyl (C=O) groups is 1. The molecule has 0 spiro atoms. The van der Waals surface area contributed by atoms with Gasteiger partial charge in [0.2, 0.25) is 0 Å². The van der Waals surface area contributed by atoms with Crippen molar-refractivity contribution in [3.8, 4) is 0 Å². The maximum Gasteiger partial charge on any atom is 0.335 e. The summed E-state index contributed by atoms with van der Waals surface area (Å²) in [6.07, 6.45) is 2.44. The lowest BCUT2D eigenvalue weighted by Gasteiger charge is -2.20. The van der Waals surface area contributed by atoms with Crippen molar-refractivity contribution in [2.75, 3.05) is 0 Å². The second-order valence-corrected chi connectivity index (χ2v) is 6.25. The second-order valence-electron chi connectivity index (χ2n) is 6.25. The van der Waals surface area contributed by atoms with Crippen molar-refractivity contribution < 1.29 is 9.90 Å². The predicted molar refractivity (Wildman–Crippen MR) is 82.9 cm³/mol. The van der Waals surface area contributed by atoms with E-state index in [2.05, 4.69) is 33.0 Å². The molecule has 0 bridgehead atoms. The quantitative estimate of drug-likeness (QED) is 0.757. The monoisotopic (exact) mass is 277 g/mol. The molecule has 1 aromatic rings. The molecule has 2 unspecified atom stereocenters. The maximum atomic E-state index is 10.8.